The summed E-state index contributed by atoms with van der Waals surface area (Å²) in [5.41, 5.74) is 0.126. The first-order valence-corrected chi connectivity index (χ1v) is 16.7. The first-order chi connectivity index (χ1) is 22.2. The maximum Gasteiger partial charge on any atom is 0.410 e. The minimum atomic E-state index is -1.27. The van der Waals surface area contributed by atoms with E-state index in [1.165, 1.54) is 6.92 Å². The lowest BCUT2D eigenvalue weighted by molar-refractivity contribution is -0.134. The zero-order chi connectivity index (χ0) is 36.1. The van der Waals surface area contributed by atoms with E-state index >= 15 is 0 Å². The smallest absolute Gasteiger partial charge is 0.410 e. The third kappa shape index (κ3) is 9.58. The standard InChI is InChI=1S/C33H49N7O7S/c1-20(41)34-28-36-24(25(48-28)27(43)38-18-16-22(17-19-38)26(42)37(8)9)15-12-21-10-13-23(14-11-21)35-29(39(30(44)45)32(2,3)4)40(31(46)47)33(5,6)7/h10-11,13-14,22,29,35H,12,15-19H2,1-9H3,(H,44,45)(H,46,47)(H,34,36,41). The van der Waals surface area contributed by atoms with E-state index in [2.05, 4.69) is 15.6 Å². The van der Waals surface area contributed by atoms with Crippen LogP contribution in [0.5, 0.6) is 0 Å². The van der Waals surface area contributed by atoms with Crippen molar-refractivity contribution in [2.24, 2.45) is 5.92 Å². The Morgan fingerprint density at radius 1 is 0.917 bits per heavy atom. The lowest BCUT2D eigenvalue weighted by Crippen LogP contribution is -2.66. The second kappa shape index (κ2) is 15.2. The van der Waals surface area contributed by atoms with Crippen molar-refractivity contribution in [2.45, 2.75) is 91.5 Å². The number of hydrogen-bond donors (Lipinski definition) is 4. The fourth-order valence-corrected chi connectivity index (χ4v) is 6.70. The number of amides is 5. The Kier molecular flexibility index (Phi) is 12.1. The van der Waals surface area contributed by atoms with Crippen molar-refractivity contribution < 1.29 is 34.2 Å². The molecule has 0 radical (unpaired) electrons. The number of nitrogens with zero attached hydrogens (tertiary/aromatic N) is 5. The van der Waals surface area contributed by atoms with Gasteiger partial charge in [-0.25, -0.2) is 14.6 Å². The van der Waals surface area contributed by atoms with Gasteiger partial charge in [-0.15, -0.1) is 0 Å². The van der Waals surface area contributed by atoms with E-state index in [9.17, 15) is 34.2 Å². The molecule has 15 heteroatoms. The molecule has 1 aromatic heterocycles. The van der Waals surface area contributed by atoms with Gasteiger partial charge < -0.3 is 30.6 Å². The van der Waals surface area contributed by atoms with E-state index in [1.54, 1.807) is 77.6 Å². The number of rotatable bonds is 10. The van der Waals surface area contributed by atoms with E-state index < -0.39 is 29.6 Å². The second-order valence-electron chi connectivity index (χ2n) is 14.1. The van der Waals surface area contributed by atoms with Gasteiger partial charge in [0.1, 0.15) is 4.88 Å². The maximum absolute atomic E-state index is 13.6. The van der Waals surface area contributed by atoms with E-state index in [-0.39, 0.29) is 23.6 Å². The Morgan fingerprint density at radius 3 is 1.88 bits per heavy atom. The Balaban J connectivity index is 1.81. The minimum Gasteiger partial charge on any atom is -0.465 e. The van der Waals surface area contributed by atoms with Gasteiger partial charge in [-0.05, 0) is 84.9 Å². The summed E-state index contributed by atoms with van der Waals surface area (Å²) in [5, 5.41) is 26.4. The molecule has 1 saturated heterocycles. The molecule has 0 aliphatic carbocycles. The molecule has 0 unspecified atom stereocenters. The quantitative estimate of drug-likeness (QED) is 0.248. The summed E-state index contributed by atoms with van der Waals surface area (Å²) in [6, 6.07) is 7.20. The Bertz CT molecular complexity index is 1450. The van der Waals surface area contributed by atoms with Crippen LogP contribution in [0, 0.1) is 5.92 Å². The van der Waals surface area contributed by atoms with Crippen LogP contribution >= 0.6 is 11.3 Å². The molecule has 2 heterocycles. The Labute approximate surface area is 286 Å². The van der Waals surface area contributed by atoms with Crippen molar-refractivity contribution in [1.29, 1.82) is 0 Å². The fraction of sp³-hybridized carbons (Fsp3) is 0.576. The van der Waals surface area contributed by atoms with Crippen LogP contribution in [0.1, 0.15) is 82.2 Å². The second-order valence-corrected chi connectivity index (χ2v) is 15.1. The fourth-order valence-electron chi connectivity index (χ4n) is 5.67. The average Bonchev–Trinajstić information content (AvgIpc) is 3.35. The summed E-state index contributed by atoms with van der Waals surface area (Å²) >= 11 is 1.14. The Morgan fingerprint density at radius 2 is 1.44 bits per heavy atom. The number of carboxylic acid groups (broad SMARTS) is 2. The molecule has 3 rings (SSSR count). The number of hydrogen-bond acceptors (Lipinski definition) is 8. The minimum absolute atomic E-state index is 0.0621. The summed E-state index contributed by atoms with van der Waals surface area (Å²) in [6.07, 6.45) is -1.69. The van der Waals surface area contributed by atoms with Crippen LogP contribution in [0.2, 0.25) is 0 Å². The largest absolute Gasteiger partial charge is 0.465 e. The molecule has 1 aliphatic rings. The van der Waals surface area contributed by atoms with Crippen LogP contribution in [-0.4, -0.2) is 109 Å². The van der Waals surface area contributed by atoms with Crippen molar-refractivity contribution in [3.8, 4) is 0 Å². The summed E-state index contributed by atoms with van der Waals surface area (Å²) < 4.78 is 0. The molecule has 1 aliphatic heterocycles. The number of anilines is 2. The number of carbonyl (C=O) groups is 5. The number of nitrogens with one attached hydrogen (secondary N) is 2. The lowest BCUT2D eigenvalue weighted by atomic mass is 9.95. The molecule has 1 fully saturated rings. The van der Waals surface area contributed by atoms with Crippen LogP contribution in [-0.2, 0) is 22.4 Å². The van der Waals surface area contributed by atoms with Gasteiger partial charge in [-0.1, -0.05) is 23.5 Å². The monoisotopic (exact) mass is 687 g/mol. The van der Waals surface area contributed by atoms with E-state index in [1.807, 2.05) is 12.1 Å². The van der Waals surface area contributed by atoms with Crippen LogP contribution < -0.4 is 10.6 Å². The molecule has 2 aromatic rings. The first kappa shape index (κ1) is 38.1. The molecule has 264 valence electrons. The predicted molar refractivity (Wildman–Crippen MR) is 184 cm³/mol. The number of carbonyl (C=O) groups excluding carboxylic acids is 3. The molecule has 4 N–H and O–H groups in total. The molecule has 5 amide bonds. The molecular formula is C33H49N7O7S. The van der Waals surface area contributed by atoms with Gasteiger partial charge in [0.05, 0.1) is 5.69 Å². The number of aromatic nitrogens is 1. The van der Waals surface area contributed by atoms with Gasteiger partial charge >= 0.3 is 12.2 Å². The SMILES string of the molecule is CC(=O)Nc1nc(CCc2ccc(NC(N(C(=O)O)C(C)(C)C)N(C(=O)O)C(C)(C)C)cc2)c(C(=O)N2CCC(C(=O)N(C)C)CC2)s1. The highest BCUT2D eigenvalue weighted by Crippen LogP contribution is 2.30. The maximum atomic E-state index is 13.6. The van der Waals surface area contributed by atoms with Crippen LogP contribution in [0.15, 0.2) is 24.3 Å². The van der Waals surface area contributed by atoms with Crippen molar-refractivity contribution >= 4 is 52.1 Å². The first-order valence-electron chi connectivity index (χ1n) is 15.9. The molecule has 48 heavy (non-hydrogen) atoms. The van der Waals surface area contributed by atoms with Gasteiger partial charge in [0, 0.05) is 56.8 Å². The molecule has 0 spiro atoms. The number of likely N-dealkylation sites (tertiary alicyclic amines) is 1. The number of benzene rings is 1. The summed E-state index contributed by atoms with van der Waals surface area (Å²) in [7, 11) is 3.46. The number of aryl methyl sites for hydroxylation is 2. The molecule has 14 nitrogen and oxygen atoms in total. The zero-order valence-electron chi connectivity index (χ0n) is 29.3. The van der Waals surface area contributed by atoms with Crippen molar-refractivity contribution in [3.05, 3.63) is 40.4 Å². The van der Waals surface area contributed by atoms with Gasteiger partial charge in [0.2, 0.25) is 11.8 Å². The third-order valence-corrected chi connectivity index (χ3v) is 8.99. The predicted octanol–water partition coefficient (Wildman–Crippen LogP) is 5.08. The van der Waals surface area contributed by atoms with Crippen LogP contribution in [0.25, 0.3) is 0 Å². The van der Waals surface area contributed by atoms with Crippen molar-refractivity contribution in [1.82, 2.24) is 24.6 Å². The molecule has 0 atom stereocenters. The zero-order valence-corrected chi connectivity index (χ0v) is 30.1. The van der Waals surface area contributed by atoms with Gasteiger partial charge in [0.15, 0.2) is 11.4 Å². The number of piperidine rings is 1. The summed E-state index contributed by atoms with van der Waals surface area (Å²) in [6.45, 7) is 12.5. The number of thiazole rings is 1. The van der Waals surface area contributed by atoms with E-state index in [0.717, 1.165) is 26.7 Å². The highest BCUT2D eigenvalue weighted by atomic mass is 32.1. The van der Waals surface area contributed by atoms with Crippen LogP contribution in [0.4, 0.5) is 20.4 Å². The lowest BCUT2D eigenvalue weighted by Gasteiger charge is -2.48. The van der Waals surface area contributed by atoms with Gasteiger partial charge in [0.25, 0.3) is 5.91 Å². The average molecular weight is 688 g/mol. The van der Waals surface area contributed by atoms with Crippen molar-refractivity contribution in [2.75, 3.05) is 37.8 Å². The van der Waals surface area contributed by atoms with E-state index in [0.29, 0.717) is 60.2 Å². The highest BCUT2D eigenvalue weighted by molar-refractivity contribution is 7.17. The molecule has 0 saturated carbocycles. The normalized spacial score (nSPS) is 14.0. The molecule has 0 bridgehead atoms. The summed E-state index contributed by atoms with van der Waals surface area (Å²) in [4.78, 5) is 73.1. The Hall–Kier alpha value is -4.40. The van der Waals surface area contributed by atoms with E-state index in [4.69, 9.17) is 0 Å². The van der Waals surface area contributed by atoms with Gasteiger partial charge in [-0.3, -0.25) is 24.2 Å². The highest BCUT2D eigenvalue weighted by Gasteiger charge is 2.43. The van der Waals surface area contributed by atoms with Gasteiger partial charge in [-0.2, -0.15) is 0 Å². The van der Waals surface area contributed by atoms with Crippen LogP contribution in [0.3, 0.4) is 0 Å². The summed E-state index contributed by atoms with van der Waals surface area (Å²) in [5.74, 6) is -0.523. The molecular weight excluding hydrogens is 638 g/mol. The molecule has 1 aromatic carbocycles. The van der Waals surface area contributed by atoms with Crippen molar-refractivity contribution in [3.63, 3.8) is 0 Å². The third-order valence-electron chi connectivity index (χ3n) is 7.99. The topological polar surface area (TPSA) is 176 Å².